The molecule has 1 unspecified atom stereocenters. The van der Waals surface area contributed by atoms with Gasteiger partial charge >= 0.3 is 0 Å². The maximum Gasteiger partial charge on any atom is 0.243 e. The van der Waals surface area contributed by atoms with Crippen LogP contribution in [0.5, 0.6) is 0 Å². The van der Waals surface area contributed by atoms with Crippen molar-refractivity contribution < 1.29 is 9.59 Å². The van der Waals surface area contributed by atoms with Crippen molar-refractivity contribution in [3.8, 4) is 0 Å². The minimum atomic E-state index is -0.0249. The topological polar surface area (TPSA) is 77.0 Å². The number of guanidine groups is 1. The van der Waals surface area contributed by atoms with E-state index in [1.165, 1.54) is 19.3 Å². The minimum absolute atomic E-state index is 0. The summed E-state index contributed by atoms with van der Waals surface area (Å²) in [6.07, 6.45) is 7.64. The van der Waals surface area contributed by atoms with Gasteiger partial charge in [0.05, 0.1) is 0 Å². The van der Waals surface area contributed by atoms with Gasteiger partial charge in [-0.15, -0.1) is 24.0 Å². The van der Waals surface area contributed by atoms with Crippen molar-refractivity contribution in [2.24, 2.45) is 10.9 Å². The maximum atomic E-state index is 12.7. The maximum absolute atomic E-state index is 12.7. The normalized spacial score (nSPS) is 20.8. The predicted octanol–water partition coefficient (Wildman–Crippen LogP) is 1.82. The molecular formula is C19H36IN5O2. The molecule has 1 saturated heterocycles. The molecule has 1 aliphatic carbocycles. The molecule has 2 amide bonds. The van der Waals surface area contributed by atoms with Crippen molar-refractivity contribution in [1.82, 2.24) is 20.4 Å². The average Bonchev–Trinajstić information content (AvgIpc) is 3.12. The number of hydrogen-bond acceptors (Lipinski definition) is 3. The number of aliphatic imine (C=N–C) groups is 1. The number of likely N-dealkylation sites (N-methyl/N-ethyl adjacent to an activating group) is 1. The zero-order valence-corrected chi connectivity index (χ0v) is 19.3. The van der Waals surface area contributed by atoms with E-state index in [4.69, 9.17) is 0 Å². The zero-order chi connectivity index (χ0) is 18.9. The molecule has 2 rings (SSSR count). The van der Waals surface area contributed by atoms with Crippen LogP contribution in [0.4, 0.5) is 0 Å². The minimum Gasteiger partial charge on any atom is -0.356 e. The first-order chi connectivity index (χ1) is 12.5. The fourth-order valence-electron chi connectivity index (χ4n) is 3.56. The van der Waals surface area contributed by atoms with Crippen LogP contribution in [-0.2, 0) is 9.59 Å². The second-order valence-corrected chi connectivity index (χ2v) is 7.63. The molecule has 1 atom stereocenters. The Morgan fingerprint density at radius 3 is 2.48 bits per heavy atom. The molecule has 0 aromatic rings. The van der Waals surface area contributed by atoms with E-state index < -0.39 is 0 Å². The molecule has 27 heavy (non-hydrogen) atoms. The van der Waals surface area contributed by atoms with Gasteiger partial charge < -0.3 is 20.4 Å². The lowest BCUT2D eigenvalue weighted by Gasteiger charge is -2.26. The summed E-state index contributed by atoms with van der Waals surface area (Å²) in [7, 11) is 3.46. The van der Waals surface area contributed by atoms with E-state index in [0.717, 1.165) is 45.3 Å². The van der Waals surface area contributed by atoms with Gasteiger partial charge in [0.2, 0.25) is 11.8 Å². The van der Waals surface area contributed by atoms with Crippen LogP contribution in [0.25, 0.3) is 0 Å². The van der Waals surface area contributed by atoms with Crippen molar-refractivity contribution in [2.75, 3.05) is 40.3 Å². The molecule has 0 aromatic carbocycles. The molecule has 7 nitrogen and oxygen atoms in total. The van der Waals surface area contributed by atoms with Crippen LogP contribution in [0.1, 0.15) is 51.9 Å². The third-order valence-corrected chi connectivity index (χ3v) is 5.21. The smallest absolute Gasteiger partial charge is 0.243 e. The van der Waals surface area contributed by atoms with Crippen LogP contribution < -0.4 is 10.6 Å². The molecule has 8 heteroatoms. The van der Waals surface area contributed by atoms with E-state index in [1.807, 2.05) is 4.90 Å². The van der Waals surface area contributed by atoms with Crippen LogP contribution in [0.3, 0.4) is 0 Å². The predicted molar refractivity (Wildman–Crippen MR) is 119 cm³/mol. The Morgan fingerprint density at radius 2 is 1.85 bits per heavy atom. The Balaban J connectivity index is 0.00000364. The zero-order valence-electron chi connectivity index (χ0n) is 17.0. The molecule has 0 radical (unpaired) electrons. The van der Waals surface area contributed by atoms with Crippen molar-refractivity contribution in [1.29, 1.82) is 0 Å². The third kappa shape index (κ3) is 7.83. The number of nitrogens with zero attached hydrogens (tertiary/aromatic N) is 3. The standard InChI is InChI=1S/C19H35N5O2.HI/c1-4-11-20-19(21-13-17(25)23(2)3)22-16-10-12-24(14-16)18(26)15-8-6-5-7-9-15;/h15-16H,4-14H2,1-3H3,(H2,20,21,22);1H. The Bertz CT molecular complexity index is 506. The van der Waals surface area contributed by atoms with Crippen molar-refractivity contribution in [2.45, 2.75) is 57.9 Å². The molecule has 156 valence electrons. The molecule has 2 N–H and O–H groups in total. The summed E-state index contributed by atoms with van der Waals surface area (Å²) >= 11 is 0. The number of likely N-dealkylation sites (tertiary alicyclic amines) is 1. The second kappa shape index (κ2) is 12.4. The summed E-state index contributed by atoms with van der Waals surface area (Å²) in [5, 5.41) is 6.67. The fourth-order valence-corrected chi connectivity index (χ4v) is 3.56. The lowest BCUT2D eigenvalue weighted by Crippen LogP contribution is -2.46. The number of carbonyl (C=O) groups excluding carboxylic acids is 2. The average molecular weight is 493 g/mol. The van der Waals surface area contributed by atoms with Crippen LogP contribution in [0, 0.1) is 5.92 Å². The van der Waals surface area contributed by atoms with Gasteiger partial charge in [0.1, 0.15) is 6.54 Å². The third-order valence-electron chi connectivity index (χ3n) is 5.21. The van der Waals surface area contributed by atoms with Gasteiger partial charge in [-0.2, -0.15) is 0 Å². The van der Waals surface area contributed by atoms with Gasteiger partial charge in [0, 0.05) is 45.7 Å². The van der Waals surface area contributed by atoms with Crippen molar-refractivity contribution in [3.63, 3.8) is 0 Å². The second-order valence-electron chi connectivity index (χ2n) is 7.63. The Kier molecular flexibility index (Phi) is 11.0. The lowest BCUT2D eigenvalue weighted by molar-refractivity contribution is -0.135. The molecule has 1 aliphatic heterocycles. The van der Waals surface area contributed by atoms with Gasteiger partial charge in [0.15, 0.2) is 5.96 Å². The molecule has 0 bridgehead atoms. The largest absolute Gasteiger partial charge is 0.356 e. The van der Waals surface area contributed by atoms with E-state index in [-0.39, 0.29) is 48.4 Å². The first-order valence-corrected chi connectivity index (χ1v) is 10.0. The highest BCUT2D eigenvalue weighted by molar-refractivity contribution is 14.0. The van der Waals surface area contributed by atoms with Gasteiger partial charge in [-0.05, 0) is 25.7 Å². The number of rotatable bonds is 6. The van der Waals surface area contributed by atoms with E-state index in [9.17, 15) is 9.59 Å². The van der Waals surface area contributed by atoms with E-state index >= 15 is 0 Å². The monoisotopic (exact) mass is 493 g/mol. The van der Waals surface area contributed by atoms with E-state index in [0.29, 0.717) is 11.9 Å². The number of halogens is 1. The summed E-state index contributed by atoms with van der Waals surface area (Å²) in [4.78, 5) is 32.4. The number of carbonyl (C=O) groups is 2. The molecule has 1 heterocycles. The summed E-state index contributed by atoms with van der Waals surface area (Å²) in [6.45, 7) is 4.56. The Morgan fingerprint density at radius 1 is 1.15 bits per heavy atom. The quantitative estimate of drug-likeness (QED) is 0.336. The number of nitrogens with one attached hydrogen (secondary N) is 2. The van der Waals surface area contributed by atoms with Crippen LogP contribution in [0.15, 0.2) is 4.99 Å². The highest BCUT2D eigenvalue weighted by Gasteiger charge is 2.31. The van der Waals surface area contributed by atoms with Gasteiger partial charge in [-0.1, -0.05) is 26.2 Å². The highest BCUT2D eigenvalue weighted by Crippen LogP contribution is 2.26. The Hall–Kier alpha value is -1.06. The molecule has 0 spiro atoms. The number of hydrogen-bond donors (Lipinski definition) is 2. The fraction of sp³-hybridized carbons (Fsp3) is 0.842. The van der Waals surface area contributed by atoms with Gasteiger partial charge in [-0.3, -0.25) is 9.59 Å². The van der Waals surface area contributed by atoms with Crippen molar-refractivity contribution in [3.05, 3.63) is 0 Å². The molecule has 0 aromatic heterocycles. The summed E-state index contributed by atoms with van der Waals surface area (Å²) in [5.41, 5.74) is 0. The van der Waals surface area contributed by atoms with Crippen LogP contribution in [-0.4, -0.2) is 73.9 Å². The SMILES string of the molecule is CCCNC(=NCC(=O)N(C)C)NC1CCN(C(=O)C2CCCCC2)C1.I. The van der Waals surface area contributed by atoms with Gasteiger partial charge in [-0.25, -0.2) is 4.99 Å². The molecule has 1 saturated carbocycles. The van der Waals surface area contributed by atoms with E-state index in [1.54, 1.807) is 19.0 Å². The lowest BCUT2D eigenvalue weighted by atomic mass is 9.88. The van der Waals surface area contributed by atoms with Crippen LogP contribution >= 0.6 is 24.0 Å². The van der Waals surface area contributed by atoms with E-state index in [2.05, 4.69) is 22.5 Å². The highest BCUT2D eigenvalue weighted by atomic mass is 127. The molecule has 2 fully saturated rings. The number of amides is 2. The summed E-state index contributed by atoms with van der Waals surface area (Å²) in [5.74, 6) is 1.20. The van der Waals surface area contributed by atoms with Crippen molar-refractivity contribution >= 4 is 41.8 Å². The van der Waals surface area contributed by atoms with Crippen LogP contribution in [0.2, 0.25) is 0 Å². The summed E-state index contributed by atoms with van der Waals surface area (Å²) in [6, 6.07) is 0.195. The first kappa shape index (κ1) is 24.0. The molecule has 2 aliphatic rings. The first-order valence-electron chi connectivity index (χ1n) is 10.0. The van der Waals surface area contributed by atoms with Gasteiger partial charge in [0.25, 0.3) is 0 Å². The molecular weight excluding hydrogens is 457 g/mol. The Labute approximate surface area is 180 Å². The summed E-state index contributed by atoms with van der Waals surface area (Å²) < 4.78 is 0.